The molecule has 1 aromatic carbocycles. The first-order chi connectivity index (χ1) is 8.31. The number of rotatable bonds is 3. The van der Waals surface area contributed by atoms with Crippen LogP contribution in [0.25, 0.3) is 0 Å². The Hall–Kier alpha value is -1.10. The number of halogens is 1. The van der Waals surface area contributed by atoms with Gasteiger partial charge in [0.1, 0.15) is 21.7 Å². The minimum atomic E-state index is 0.476. The average Bonchev–Trinajstić information content (AvgIpc) is 2.94. The molecule has 0 spiro atoms. The molecule has 3 nitrogen and oxygen atoms in total. The molecule has 5 heteroatoms. The first kappa shape index (κ1) is 11.0. The molecule has 1 aliphatic heterocycles. The maximum atomic E-state index is 5.81. The monoisotopic (exact) mass is 266 g/mol. The topological polar surface area (TPSA) is 34.1 Å². The fourth-order valence-electron chi connectivity index (χ4n) is 1.86. The van der Waals surface area contributed by atoms with E-state index in [0.717, 1.165) is 23.8 Å². The zero-order valence-corrected chi connectivity index (χ0v) is 10.6. The van der Waals surface area contributed by atoms with E-state index in [1.54, 1.807) is 6.20 Å². The number of hydrogen-bond acceptors (Lipinski definition) is 4. The Kier molecular flexibility index (Phi) is 3.01. The van der Waals surface area contributed by atoms with Gasteiger partial charge >= 0.3 is 0 Å². The Morgan fingerprint density at radius 3 is 3.06 bits per heavy atom. The molecular formula is C12H11ClN2OS. The van der Waals surface area contributed by atoms with E-state index < -0.39 is 0 Å². The predicted octanol–water partition coefficient (Wildman–Crippen LogP) is 2.98. The summed E-state index contributed by atoms with van der Waals surface area (Å²) >= 11 is 7.26. The molecule has 88 valence electrons. The second kappa shape index (κ2) is 4.64. The minimum Gasteiger partial charge on any atom is -0.486 e. The van der Waals surface area contributed by atoms with Gasteiger partial charge in [-0.2, -0.15) is 0 Å². The fourth-order valence-corrected chi connectivity index (χ4v) is 2.73. The van der Waals surface area contributed by atoms with Gasteiger partial charge in [-0.3, -0.25) is 0 Å². The van der Waals surface area contributed by atoms with Crippen molar-refractivity contribution in [3.63, 3.8) is 0 Å². The van der Waals surface area contributed by atoms with Gasteiger partial charge in [0.15, 0.2) is 0 Å². The zero-order chi connectivity index (χ0) is 11.7. The van der Waals surface area contributed by atoms with Gasteiger partial charge in [-0.1, -0.05) is 17.7 Å². The maximum Gasteiger partial charge on any atom is 0.140 e. The zero-order valence-electron chi connectivity index (χ0n) is 9.07. The number of thiazole rings is 1. The molecule has 0 atom stereocenters. The van der Waals surface area contributed by atoms with Crippen molar-refractivity contribution in [1.82, 2.24) is 10.3 Å². The van der Waals surface area contributed by atoms with E-state index in [1.165, 1.54) is 22.5 Å². The van der Waals surface area contributed by atoms with Crippen LogP contribution in [0, 0.1) is 0 Å². The van der Waals surface area contributed by atoms with Crippen molar-refractivity contribution < 1.29 is 4.74 Å². The SMILES string of the molecule is Clc1cnc(COc2ccc3c(c2)CNC3)s1. The number of hydrogen-bond donors (Lipinski definition) is 1. The molecule has 3 rings (SSSR count). The van der Waals surface area contributed by atoms with Crippen molar-refractivity contribution in [2.24, 2.45) is 0 Å². The third-order valence-electron chi connectivity index (χ3n) is 2.70. The predicted molar refractivity (Wildman–Crippen MR) is 68.4 cm³/mol. The number of fused-ring (bicyclic) bond motifs is 1. The molecule has 0 bridgehead atoms. The van der Waals surface area contributed by atoms with Crippen LogP contribution in [0.1, 0.15) is 16.1 Å². The minimum absolute atomic E-state index is 0.476. The standard InChI is InChI=1S/C12H11ClN2OS/c13-11-6-15-12(17-11)7-16-10-2-1-8-4-14-5-9(8)3-10/h1-3,6,14H,4-5,7H2. The van der Waals surface area contributed by atoms with Crippen molar-refractivity contribution >= 4 is 22.9 Å². The summed E-state index contributed by atoms with van der Waals surface area (Å²) < 4.78 is 6.39. The summed E-state index contributed by atoms with van der Waals surface area (Å²) in [6.45, 7) is 2.36. The highest BCUT2D eigenvalue weighted by atomic mass is 35.5. The van der Waals surface area contributed by atoms with Crippen LogP contribution >= 0.6 is 22.9 Å². The van der Waals surface area contributed by atoms with Crippen LogP contribution in [-0.2, 0) is 19.7 Å². The Bertz CT molecular complexity index is 541. The van der Waals surface area contributed by atoms with E-state index in [4.69, 9.17) is 16.3 Å². The summed E-state index contributed by atoms with van der Waals surface area (Å²) in [4.78, 5) is 4.15. The Balaban J connectivity index is 1.69. The molecule has 0 saturated heterocycles. The lowest BCUT2D eigenvalue weighted by atomic mass is 10.1. The van der Waals surface area contributed by atoms with E-state index in [-0.39, 0.29) is 0 Å². The summed E-state index contributed by atoms with van der Waals surface area (Å²) in [7, 11) is 0. The molecule has 0 fully saturated rings. The first-order valence-corrected chi connectivity index (χ1v) is 6.56. The molecule has 17 heavy (non-hydrogen) atoms. The molecule has 0 aliphatic carbocycles. The number of aromatic nitrogens is 1. The lowest BCUT2D eigenvalue weighted by Gasteiger charge is -2.05. The van der Waals surface area contributed by atoms with Gasteiger partial charge in [-0.05, 0) is 23.3 Å². The highest BCUT2D eigenvalue weighted by molar-refractivity contribution is 7.15. The lowest BCUT2D eigenvalue weighted by molar-refractivity contribution is 0.305. The summed E-state index contributed by atoms with van der Waals surface area (Å²) in [5.41, 5.74) is 2.68. The fraction of sp³-hybridized carbons (Fsp3) is 0.250. The van der Waals surface area contributed by atoms with Crippen LogP contribution in [-0.4, -0.2) is 4.98 Å². The smallest absolute Gasteiger partial charge is 0.140 e. The largest absolute Gasteiger partial charge is 0.486 e. The van der Waals surface area contributed by atoms with Crippen LogP contribution in [0.15, 0.2) is 24.4 Å². The second-order valence-electron chi connectivity index (χ2n) is 3.88. The van der Waals surface area contributed by atoms with E-state index in [9.17, 15) is 0 Å². The molecule has 0 saturated carbocycles. The molecule has 1 N–H and O–H groups in total. The van der Waals surface area contributed by atoms with Crippen LogP contribution in [0.5, 0.6) is 5.75 Å². The van der Waals surface area contributed by atoms with Crippen molar-refractivity contribution in [2.45, 2.75) is 19.7 Å². The number of nitrogens with zero attached hydrogens (tertiary/aromatic N) is 1. The molecule has 1 aromatic heterocycles. The Labute approximate surface area is 108 Å². The molecule has 1 aliphatic rings. The molecule has 2 heterocycles. The molecule has 2 aromatic rings. The molecule has 0 unspecified atom stereocenters. The lowest BCUT2D eigenvalue weighted by Crippen LogP contribution is -1.99. The summed E-state index contributed by atoms with van der Waals surface area (Å²) in [6, 6.07) is 6.20. The van der Waals surface area contributed by atoms with Crippen LogP contribution in [0.2, 0.25) is 4.34 Å². The summed E-state index contributed by atoms with van der Waals surface area (Å²) in [5.74, 6) is 0.888. The number of ether oxygens (including phenoxy) is 1. The van der Waals surface area contributed by atoms with Crippen molar-refractivity contribution in [3.05, 3.63) is 44.9 Å². The summed E-state index contributed by atoms with van der Waals surface area (Å²) in [5, 5.41) is 4.21. The molecular weight excluding hydrogens is 256 g/mol. The van der Waals surface area contributed by atoms with Gasteiger partial charge in [-0.25, -0.2) is 4.98 Å². The van der Waals surface area contributed by atoms with Crippen molar-refractivity contribution in [2.75, 3.05) is 0 Å². The third kappa shape index (κ3) is 2.44. The Morgan fingerprint density at radius 2 is 2.24 bits per heavy atom. The van der Waals surface area contributed by atoms with Gasteiger partial charge in [0.25, 0.3) is 0 Å². The van der Waals surface area contributed by atoms with E-state index >= 15 is 0 Å². The second-order valence-corrected chi connectivity index (χ2v) is 5.63. The van der Waals surface area contributed by atoms with Gasteiger partial charge in [0.2, 0.25) is 0 Å². The highest BCUT2D eigenvalue weighted by Crippen LogP contribution is 2.24. The van der Waals surface area contributed by atoms with Gasteiger partial charge < -0.3 is 10.1 Å². The van der Waals surface area contributed by atoms with E-state index in [0.29, 0.717) is 10.9 Å². The molecule has 0 amide bonds. The van der Waals surface area contributed by atoms with Crippen LogP contribution in [0.3, 0.4) is 0 Å². The van der Waals surface area contributed by atoms with Crippen molar-refractivity contribution in [1.29, 1.82) is 0 Å². The van der Waals surface area contributed by atoms with Gasteiger partial charge in [0, 0.05) is 13.1 Å². The average molecular weight is 267 g/mol. The first-order valence-electron chi connectivity index (χ1n) is 5.37. The van der Waals surface area contributed by atoms with Crippen LogP contribution < -0.4 is 10.1 Å². The van der Waals surface area contributed by atoms with E-state index in [2.05, 4.69) is 22.4 Å². The number of benzene rings is 1. The van der Waals surface area contributed by atoms with Crippen molar-refractivity contribution in [3.8, 4) is 5.75 Å². The Morgan fingerprint density at radius 1 is 1.35 bits per heavy atom. The van der Waals surface area contributed by atoms with E-state index in [1.807, 2.05) is 6.07 Å². The number of nitrogens with one attached hydrogen (secondary N) is 1. The maximum absolute atomic E-state index is 5.81. The van der Waals surface area contributed by atoms with Gasteiger partial charge in [0.05, 0.1) is 6.20 Å². The highest BCUT2D eigenvalue weighted by Gasteiger charge is 2.10. The summed E-state index contributed by atoms with van der Waals surface area (Å²) in [6.07, 6.45) is 1.65. The normalized spacial score (nSPS) is 13.7. The van der Waals surface area contributed by atoms with Crippen LogP contribution in [0.4, 0.5) is 0 Å². The third-order valence-corrected chi connectivity index (χ3v) is 3.78. The van der Waals surface area contributed by atoms with Gasteiger partial charge in [-0.15, -0.1) is 11.3 Å². The molecule has 0 radical (unpaired) electrons. The quantitative estimate of drug-likeness (QED) is 0.927.